The normalized spacial score (nSPS) is 12.8. The Kier molecular flexibility index (Phi) is 8.01. The minimum absolute atomic E-state index is 0.0488. The van der Waals surface area contributed by atoms with E-state index in [0.717, 1.165) is 12.1 Å². The lowest BCUT2D eigenvalue weighted by atomic mass is 10.1. The highest BCUT2D eigenvalue weighted by atomic mass is 35.5. The van der Waals surface area contributed by atoms with Crippen molar-refractivity contribution in [2.75, 3.05) is 11.9 Å². The number of amides is 1. The highest BCUT2D eigenvalue weighted by Crippen LogP contribution is 2.26. The van der Waals surface area contributed by atoms with E-state index in [1.807, 2.05) is 0 Å². The standard InChI is InChI=1S/C18H18ClF3N6O2/c1-9-16(27-18(25-9)24-5-4-15(23)29)12(6-10(21)8-20)17(28-30)26-11-2-3-14(22)13(19)7-11/h2-3,6-8,30H,4-5H2,1H3,(H2,23,29)(H,26,28)(H2,24,25,27)/b10-8-,12-6+. The largest absolute Gasteiger partial charge is 0.370 e. The molecular weight excluding hydrogens is 425 g/mol. The SMILES string of the molecule is Cc1[nH]c(NCCC(N)=O)nc1/C(=C\C(F)=C\F)C(=Nc1ccc(F)c(Cl)c1)NO. The van der Waals surface area contributed by atoms with Crippen LogP contribution in [0.3, 0.4) is 0 Å². The van der Waals surface area contributed by atoms with Gasteiger partial charge < -0.3 is 16.0 Å². The lowest BCUT2D eigenvalue weighted by Crippen LogP contribution is -2.21. The fourth-order valence-corrected chi connectivity index (χ4v) is 2.53. The summed E-state index contributed by atoms with van der Waals surface area (Å²) in [4.78, 5) is 22.0. The summed E-state index contributed by atoms with van der Waals surface area (Å²) in [7, 11) is 0. The van der Waals surface area contributed by atoms with Gasteiger partial charge in [0, 0.05) is 24.2 Å². The molecule has 0 saturated carbocycles. The molecule has 0 fully saturated rings. The van der Waals surface area contributed by atoms with Crippen molar-refractivity contribution in [3.63, 3.8) is 0 Å². The quantitative estimate of drug-likeness (QED) is 0.184. The van der Waals surface area contributed by atoms with E-state index in [2.05, 4.69) is 20.3 Å². The van der Waals surface area contributed by atoms with Crippen LogP contribution in [0, 0.1) is 12.7 Å². The van der Waals surface area contributed by atoms with Gasteiger partial charge in [-0.15, -0.1) is 0 Å². The van der Waals surface area contributed by atoms with Crippen molar-refractivity contribution in [2.24, 2.45) is 10.7 Å². The van der Waals surface area contributed by atoms with Crippen LogP contribution < -0.4 is 16.5 Å². The number of hydrogen-bond donors (Lipinski definition) is 5. The number of primary amides is 1. The number of carbonyl (C=O) groups excluding carboxylic acids is 1. The predicted molar refractivity (Wildman–Crippen MR) is 107 cm³/mol. The molecule has 0 saturated heterocycles. The van der Waals surface area contributed by atoms with Crippen molar-refractivity contribution < 1.29 is 23.2 Å². The summed E-state index contributed by atoms with van der Waals surface area (Å²) in [5.41, 5.74) is 7.40. The second-order valence-electron chi connectivity index (χ2n) is 5.92. The van der Waals surface area contributed by atoms with Crippen molar-refractivity contribution in [2.45, 2.75) is 13.3 Å². The van der Waals surface area contributed by atoms with E-state index in [1.54, 1.807) is 12.4 Å². The third-order valence-electron chi connectivity index (χ3n) is 3.70. The van der Waals surface area contributed by atoms with Crippen LogP contribution in [-0.4, -0.2) is 33.5 Å². The van der Waals surface area contributed by atoms with Crippen LogP contribution in [-0.2, 0) is 4.79 Å². The molecule has 160 valence electrons. The second-order valence-corrected chi connectivity index (χ2v) is 6.33. The Morgan fingerprint density at radius 2 is 2.20 bits per heavy atom. The number of nitrogens with one attached hydrogen (secondary N) is 3. The molecule has 0 radical (unpaired) electrons. The van der Waals surface area contributed by atoms with Crippen LogP contribution in [0.2, 0.25) is 5.02 Å². The maximum Gasteiger partial charge on any atom is 0.219 e. The molecule has 0 spiro atoms. The van der Waals surface area contributed by atoms with Crippen LogP contribution in [0.5, 0.6) is 0 Å². The molecule has 0 aliphatic rings. The van der Waals surface area contributed by atoms with Crippen molar-refractivity contribution in [3.05, 3.63) is 58.7 Å². The first-order valence-electron chi connectivity index (χ1n) is 8.46. The number of imidazole rings is 1. The van der Waals surface area contributed by atoms with Gasteiger partial charge in [-0.25, -0.2) is 23.1 Å². The molecule has 0 unspecified atom stereocenters. The number of anilines is 1. The Balaban J connectivity index is 2.48. The van der Waals surface area contributed by atoms with Gasteiger partial charge in [-0.3, -0.25) is 15.5 Å². The first-order valence-corrected chi connectivity index (χ1v) is 8.84. The summed E-state index contributed by atoms with van der Waals surface area (Å²) in [6, 6.07) is 3.51. The number of aromatic nitrogens is 2. The molecule has 6 N–H and O–H groups in total. The third-order valence-corrected chi connectivity index (χ3v) is 3.98. The van der Waals surface area contributed by atoms with Crippen LogP contribution in [0.1, 0.15) is 17.8 Å². The van der Waals surface area contributed by atoms with Gasteiger partial charge in [0.2, 0.25) is 11.9 Å². The lowest BCUT2D eigenvalue weighted by molar-refractivity contribution is -0.117. The predicted octanol–water partition coefficient (Wildman–Crippen LogP) is 3.67. The Hall–Kier alpha value is -3.31. The van der Waals surface area contributed by atoms with Crippen molar-refractivity contribution in [3.8, 4) is 0 Å². The number of aromatic amines is 1. The topological polar surface area (TPSA) is 128 Å². The van der Waals surface area contributed by atoms with E-state index in [-0.39, 0.29) is 53.1 Å². The Bertz CT molecular complexity index is 1020. The summed E-state index contributed by atoms with van der Waals surface area (Å²) in [6.07, 6.45) is 0.522. The number of hydroxylamine groups is 1. The highest BCUT2D eigenvalue weighted by Gasteiger charge is 2.18. The Morgan fingerprint density at radius 1 is 1.47 bits per heavy atom. The van der Waals surface area contributed by atoms with Crippen LogP contribution in [0.25, 0.3) is 5.57 Å². The van der Waals surface area contributed by atoms with Gasteiger partial charge in [0.1, 0.15) is 12.1 Å². The van der Waals surface area contributed by atoms with E-state index < -0.39 is 17.6 Å². The molecule has 1 heterocycles. The van der Waals surface area contributed by atoms with Gasteiger partial charge in [0.15, 0.2) is 11.7 Å². The summed E-state index contributed by atoms with van der Waals surface area (Å²) in [5, 5.41) is 12.2. The number of halogens is 4. The number of nitrogens with zero attached hydrogens (tertiary/aromatic N) is 2. The molecule has 0 aliphatic carbocycles. The van der Waals surface area contributed by atoms with Gasteiger partial charge >= 0.3 is 0 Å². The zero-order valence-electron chi connectivity index (χ0n) is 15.6. The van der Waals surface area contributed by atoms with Gasteiger partial charge in [0.05, 0.1) is 16.4 Å². The van der Waals surface area contributed by atoms with E-state index in [9.17, 15) is 23.2 Å². The van der Waals surface area contributed by atoms with E-state index in [4.69, 9.17) is 17.3 Å². The number of H-pyrrole nitrogens is 1. The number of nitrogens with two attached hydrogens (primary N) is 1. The zero-order chi connectivity index (χ0) is 22.3. The highest BCUT2D eigenvalue weighted by molar-refractivity contribution is 6.31. The molecule has 30 heavy (non-hydrogen) atoms. The van der Waals surface area contributed by atoms with Crippen LogP contribution >= 0.6 is 11.6 Å². The van der Waals surface area contributed by atoms with Gasteiger partial charge in [-0.1, -0.05) is 11.6 Å². The third kappa shape index (κ3) is 6.09. The fourth-order valence-electron chi connectivity index (χ4n) is 2.36. The zero-order valence-corrected chi connectivity index (χ0v) is 16.4. The van der Waals surface area contributed by atoms with Crippen molar-refractivity contribution >= 4 is 40.6 Å². The molecule has 2 aromatic rings. The molecule has 1 amide bonds. The summed E-state index contributed by atoms with van der Waals surface area (Å²) in [6.45, 7) is 1.78. The monoisotopic (exact) mass is 442 g/mol. The van der Waals surface area contributed by atoms with Crippen molar-refractivity contribution in [1.29, 1.82) is 0 Å². The van der Waals surface area contributed by atoms with Crippen LogP contribution in [0.15, 0.2) is 41.4 Å². The number of allylic oxidation sites excluding steroid dienone is 2. The minimum Gasteiger partial charge on any atom is -0.370 e. The van der Waals surface area contributed by atoms with E-state index in [1.165, 1.54) is 12.1 Å². The van der Waals surface area contributed by atoms with Gasteiger partial charge in [-0.05, 0) is 31.2 Å². The number of rotatable bonds is 8. The van der Waals surface area contributed by atoms with Gasteiger partial charge in [0.25, 0.3) is 0 Å². The van der Waals surface area contributed by atoms with E-state index in [0.29, 0.717) is 5.69 Å². The molecule has 0 atom stereocenters. The first-order chi connectivity index (χ1) is 14.2. The number of aryl methyl sites for hydroxylation is 1. The van der Waals surface area contributed by atoms with Gasteiger partial charge in [-0.2, -0.15) is 0 Å². The average Bonchev–Trinajstić information content (AvgIpc) is 3.06. The molecule has 0 bridgehead atoms. The maximum atomic E-state index is 13.7. The Morgan fingerprint density at radius 3 is 2.80 bits per heavy atom. The second kappa shape index (κ2) is 10.5. The summed E-state index contributed by atoms with van der Waals surface area (Å²) >= 11 is 5.72. The summed E-state index contributed by atoms with van der Waals surface area (Å²) in [5.74, 6) is -2.55. The van der Waals surface area contributed by atoms with E-state index >= 15 is 0 Å². The van der Waals surface area contributed by atoms with Crippen molar-refractivity contribution in [1.82, 2.24) is 15.4 Å². The number of benzene rings is 1. The molecule has 12 heteroatoms. The number of carbonyl (C=O) groups is 1. The average molecular weight is 443 g/mol. The molecular formula is C18H18ClF3N6O2. The van der Waals surface area contributed by atoms with Crippen LogP contribution in [0.4, 0.5) is 24.8 Å². The first kappa shape index (κ1) is 23.0. The molecule has 1 aromatic carbocycles. The number of amidine groups is 1. The number of aliphatic imine (C=N–C) groups is 1. The molecule has 8 nitrogen and oxygen atoms in total. The molecule has 0 aliphatic heterocycles. The number of hydrogen-bond acceptors (Lipinski definition) is 5. The minimum atomic E-state index is -1.27. The molecule has 2 rings (SSSR count). The smallest absolute Gasteiger partial charge is 0.219 e. The Labute approximate surface area is 174 Å². The maximum absolute atomic E-state index is 13.7. The molecule has 1 aromatic heterocycles. The fraction of sp³-hybridized carbons (Fsp3) is 0.167. The summed E-state index contributed by atoms with van der Waals surface area (Å²) < 4.78 is 39.7. The lowest BCUT2D eigenvalue weighted by Gasteiger charge is -2.09.